The highest BCUT2D eigenvalue weighted by Gasteiger charge is 2.18. The Hall–Kier alpha value is -2.12. The minimum absolute atomic E-state index is 0.0849. The van der Waals surface area contributed by atoms with Crippen molar-refractivity contribution in [1.29, 1.82) is 0 Å². The van der Waals surface area contributed by atoms with Gasteiger partial charge in [0.25, 0.3) is 10.0 Å². The van der Waals surface area contributed by atoms with Crippen LogP contribution in [-0.4, -0.2) is 14.3 Å². The van der Waals surface area contributed by atoms with Gasteiger partial charge in [-0.25, -0.2) is 12.8 Å². The molecule has 0 aliphatic rings. The van der Waals surface area contributed by atoms with Crippen LogP contribution in [0.25, 0.3) is 0 Å². The lowest BCUT2D eigenvalue weighted by Crippen LogP contribution is -2.14. The molecule has 122 valence electrons. The number of anilines is 2. The molecular formula is C15H14ClFN2O3S. The van der Waals surface area contributed by atoms with E-state index in [1.165, 1.54) is 31.2 Å². The predicted octanol–water partition coefficient (Wildman–Crippen LogP) is 3.55. The fourth-order valence-corrected chi connectivity index (χ4v) is 3.56. The Balaban J connectivity index is 2.35. The summed E-state index contributed by atoms with van der Waals surface area (Å²) in [6.45, 7) is 3.01. The van der Waals surface area contributed by atoms with Crippen molar-refractivity contribution < 1.29 is 17.6 Å². The van der Waals surface area contributed by atoms with Crippen molar-refractivity contribution >= 4 is 38.9 Å². The summed E-state index contributed by atoms with van der Waals surface area (Å²) in [6, 6.07) is 8.03. The van der Waals surface area contributed by atoms with Crippen LogP contribution >= 0.6 is 11.6 Å². The molecule has 0 atom stereocenters. The zero-order valence-corrected chi connectivity index (χ0v) is 13.9. The number of carbonyl (C=O) groups is 1. The number of aryl methyl sites for hydroxylation is 1. The zero-order valence-electron chi connectivity index (χ0n) is 12.4. The Labute approximate surface area is 138 Å². The number of amides is 1. The number of halogens is 2. The van der Waals surface area contributed by atoms with Crippen LogP contribution in [0.3, 0.4) is 0 Å². The van der Waals surface area contributed by atoms with E-state index in [1.54, 1.807) is 13.0 Å². The van der Waals surface area contributed by atoms with E-state index in [2.05, 4.69) is 10.0 Å². The molecule has 5 nitrogen and oxygen atoms in total. The van der Waals surface area contributed by atoms with E-state index in [9.17, 15) is 17.6 Å². The Morgan fingerprint density at radius 3 is 2.48 bits per heavy atom. The predicted molar refractivity (Wildman–Crippen MR) is 87.7 cm³/mol. The summed E-state index contributed by atoms with van der Waals surface area (Å²) in [5.41, 5.74) is 0.808. The highest BCUT2D eigenvalue weighted by atomic mass is 35.5. The SMILES string of the molecule is CC(=O)Nc1cc(NS(=O)(=O)c2ccc(C)cc2Cl)ccc1F. The van der Waals surface area contributed by atoms with Gasteiger partial charge < -0.3 is 5.32 Å². The number of hydrogen-bond acceptors (Lipinski definition) is 3. The molecule has 2 rings (SSSR count). The number of sulfonamides is 1. The van der Waals surface area contributed by atoms with Crippen molar-refractivity contribution in [1.82, 2.24) is 0 Å². The summed E-state index contributed by atoms with van der Waals surface area (Å²) in [7, 11) is -3.94. The molecule has 2 aromatic rings. The second-order valence-electron chi connectivity index (χ2n) is 4.92. The van der Waals surface area contributed by atoms with Crippen molar-refractivity contribution in [2.75, 3.05) is 10.0 Å². The monoisotopic (exact) mass is 356 g/mol. The third-order valence-corrected chi connectivity index (χ3v) is 4.77. The van der Waals surface area contributed by atoms with Gasteiger partial charge in [-0.05, 0) is 42.8 Å². The maximum Gasteiger partial charge on any atom is 0.263 e. The van der Waals surface area contributed by atoms with E-state index in [1.807, 2.05) is 0 Å². The smallest absolute Gasteiger partial charge is 0.263 e. The number of benzene rings is 2. The molecule has 0 radical (unpaired) electrons. The Kier molecular flexibility index (Phi) is 4.91. The first-order valence-corrected chi connectivity index (χ1v) is 8.41. The molecule has 0 bridgehead atoms. The summed E-state index contributed by atoms with van der Waals surface area (Å²) in [4.78, 5) is 10.9. The van der Waals surface area contributed by atoms with Crippen LogP contribution in [0.2, 0.25) is 5.02 Å². The van der Waals surface area contributed by atoms with E-state index in [-0.39, 0.29) is 21.3 Å². The summed E-state index contributed by atoms with van der Waals surface area (Å²) in [6.07, 6.45) is 0. The molecule has 8 heteroatoms. The van der Waals surface area contributed by atoms with Crippen molar-refractivity contribution in [3.8, 4) is 0 Å². The van der Waals surface area contributed by atoms with Gasteiger partial charge in [-0.15, -0.1) is 0 Å². The molecule has 0 fully saturated rings. The molecular weight excluding hydrogens is 343 g/mol. The number of nitrogens with one attached hydrogen (secondary N) is 2. The molecule has 0 aliphatic carbocycles. The minimum Gasteiger partial charge on any atom is -0.324 e. The second kappa shape index (κ2) is 6.55. The molecule has 0 unspecified atom stereocenters. The van der Waals surface area contributed by atoms with Gasteiger partial charge in [0.2, 0.25) is 5.91 Å². The van der Waals surface area contributed by atoms with Gasteiger partial charge in [0, 0.05) is 6.92 Å². The molecule has 2 N–H and O–H groups in total. The van der Waals surface area contributed by atoms with Crippen LogP contribution in [0.4, 0.5) is 15.8 Å². The minimum atomic E-state index is -3.94. The van der Waals surface area contributed by atoms with Gasteiger partial charge in [-0.1, -0.05) is 17.7 Å². The summed E-state index contributed by atoms with van der Waals surface area (Å²) < 4.78 is 40.6. The van der Waals surface area contributed by atoms with E-state index in [0.29, 0.717) is 0 Å². The molecule has 0 spiro atoms. The van der Waals surface area contributed by atoms with E-state index >= 15 is 0 Å². The van der Waals surface area contributed by atoms with Gasteiger partial charge >= 0.3 is 0 Å². The van der Waals surface area contributed by atoms with Gasteiger partial charge in [0.05, 0.1) is 16.4 Å². The van der Waals surface area contributed by atoms with Gasteiger partial charge in [-0.3, -0.25) is 9.52 Å². The second-order valence-corrected chi connectivity index (χ2v) is 6.97. The first kappa shape index (κ1) is 17.2. The van der Waals surface area contributed by atoms with Gasteiger partial charge in [0.15, 0.2) is 0 Å². The summed E-state index contributed by atoms with van der Waals surface area (Å²) in [5, 5.41) is 2.37. The van der Waals surface area contributed by atoms with Crippen LogP contribution in [0.15, 0.2) is 41.3 Å². The van der Waals surface area contributed by atoms with Gasteiger partial charge in [0.1, 0.15) is 10.7 Å². The van der Waals surface area contributed by atoms with Crippen molar-refractivity contribution in [2.45, 2.75) is 18.7 Å². The number of hydrogen-bond donors (Lipinski definition) is 2. The topological polar surface area (TPSA) is 75.3 Å². The standard InChI is InChI=1S/C15H14ClFN2O3S/c1-9-3-6-15(12(16)7-9)23(21,22)19-11-4-5-13(17)14(8-11)18-10(2)20/h3-8,19H,1-2H3,(H,18,20). The first-order valence-electron chi connectivity index (χ1n) is 6.55. The van der Waals surface area contributed by atoms with E-state index in [0.717, 1.165) is 11.6 Å². The van der Waals surface area contributed by atoms with Crippen LogP contribution < -0.4 is 10.0 Å². The fourth-order valence-electron chi connectivity index (χ4n) is 1.91. The number of rotatable bonds is 4. The number of carbonyl (C=O) groups excluding carboxylic acids is 1. The first-order chi connectivity index (χ1) is 10.7. The molecule has 0 saturated carbocycles. The molecule has 2 aromatic carbocycles. The van der Waals surface area contributed by atoms with Crippen LogP contribution in [-0.2, 0) is 14.8 Å². The van der Waals surface area contributed by atoms with Crippen molar-refractivity contribution in [2.24, 2.45) is 0 Å². The Morgan fingerprint density at radius 2 is 1.87 bits per heavy atom. The molecule has 0 aliphatic heterocycles. The third kappa shape index (κ3) is 4.20. The average Bonchev–Trinajstić information content (AvgIpc) is 2.41. The van der Waals surface area contributed by atoms with Crippen LogP contribution in [0, 0.1) is 12.7 Å². The third-order valence-electron chi connectivity index (χ3n) is 2.91. The highest BCUT2D eigenvalue weighted by molar-refractivity contribution is 7.92. The molecule has 23 heavy (non-hydrogen) atoms. The quantitative estimate of drug-likeness (QED) is 0.879. The molecule has 0 saturated heterocycles. The van der Waals surface area contributed by atoms with Crippen molar-refractivity contribution in [3.63, 3.8) is 0 Å². The van der Waals surface area contributed by atoms with Crippen LogP contribution in [0.5, 0.6) is 0 Å². The van der Waals surface area contributed by atoms with E-state index in [4.69, 9.17) is 11.6 Å². The Bertz CT molecular complexity index is 869. The molecule has 0 heterocycles. The zero-order chi connectivity index (χ0) is 17.2. The van der Waals surface area contributed by atoms with E-state index < -0.39 is 21.7 Å². The maximum atomic E-state index is 13.6. The van der Waals surface area contributed by atoms with Crippen LogP contribution in [0.1, 0.15) is 12.5 Å². The average molecular weight is 357 g/mol. The summed E-state index contributed by atoms with van der Waals surface area (Å²) in [5.74, 6) is -1.14. The van der Waals surface area contributed by atoms with Crippen molar-refractivity contribution in [3.05, 3.63) is 52.8 Å². The normalized spacial score (nSPS) is 11.1. The lowest BCUT2D eigenvalue weighted by atomic mass is 10.2. The molecule has 1 amide bonds. The lowest BCUT2D eigenvalue weighted by Gasteiger charge is -2.12. The lowest BCUT2D eigenvalue weighted by molar-refractivity contribution is -0.114. The fraction of sp³-hybridized carbons (Fsp3) is 0.133. The highest BCUT2D eigenvalue weighted by Crippen LogP contribution is 2.26. The maximum absolute atomic E-state index is 13.6. The summed E-state index contributed by atoms with van der Waals surface area (Å²) >= 11 is 5.97. The largest absolute Gasteiger partial charge is 0.324 e. The Morgan fingerprint density at radius 1 is 1.17 bits per heavy atom. The molecule has 0 aromatic heterocycles. The van der Waals surface area contributed by atoms with Gasteiger partial charge in [-0.2, -0.15) is 0 Å².